The van der Waals surface area contributed by atoms with Gasteiger partial charge in [0, 0.05) is 19.1 Å². The Hall–Kier alpha value is -0.0800. The van der Waals surface area contributed by atoms with E-state index in [1.807, 2.05) is 0 Å². The van der Waals surface area contributed by atoms with Gasteiger partial charge in [-0.2, -0.15) is 0 Å². The van der Waals surface area contributed by atoms with Crippen LogP contribution in [0.3, 0.4) is 0 Å². The van der Waals surface area contributed by atoms with Crippen LogP contribution in [0.25, 0.3) is 0 Å². The molecule has 1 rings (SSSR count). The van der Waals surface area contributed by atoms with Gasteiger partial charge < -0.3 is 10.2 Å². The van der Waals surface area contributed by atoms with Crippen molar-refractivity contribution < 1.29 is 0 Å². The molecule has 0 amide bonds. The van der Waals surface area contributed by atoms with E-state index in [0.29, 0.717) is 5.41 Å². The molecule has 0 saturated carbocycles. The average molecular weight is 240 g/mol. The molecule has 0 aromatic rings. The van der Waals surface area contributed by atoms with Crippen molar-refractivity contribution in [2.75, 3.05) is 26.7 Å². The lowest BCUT2D eigenvalue weighted by molar-refractivity contribution is 0.127. The fraction of sp³-hybridized carbons (Fsp3) is 1.00. The fourth-order valence-corrected chi connectivity index (χ4v) is 2.97. The van der Waals surface area contributed by atoms with Gasteiger partial charge >= 0.3 is 0 Å². The summed E-state index contributed by atoms with van der Waals surface area (Å²) in [6, 6.07) is 0.718. The third-order valence-electron chi connectivity index (χ3n) is 4.02. The standard InChI is InChI=1S/C15H32N2/c1-5-6-7-10-15(2,3)13-17-11-8-9-14(12-17)16-4/h14,16H,5-13H2,1-4H3. The van der Waals surface area contributed by atoms with Gasteiger partial charge in [-0.15, -0.1) is 0 Å². The van der Waals surface area contributed by atoms with Gasteiger partial charge in [0.05, 0.1) is 0 Å². The molecule has 0 aromatic carbocycles. The summed E-state index contributed by atoms with van der Waals surface area (Å²) < 4.78 is 0. The van der Waals surface area contributed by atoms with Gasteiger partial charge in [-0.3, -0.25) is 0 Å². The van der Waals surface area contributed by atoms with Crippen molar-refractivity contribution in [3.63, 3.8) is 0 Å². The Kier molecular flexibility index (Phi) is 6.50. The Labute approximate surface area is 108 Å². The predicted molar refractivity (Wildman–Crippen MR) is 76.4 cm³/mol. The van der Waals surface area contributed by atoms with Crippen LogP contribution < -0.4 is 5.32 Å². The van der Waals surface area contributed by atoms with Crippen LogP contribution in [0.1, 0.15) is 59.3 Å². The average Bonchev–Trinajstić information content (AvgIpc) is 2.29. The molecule has 1 unspecified atom stereocenters. The zero-order chi connectivity index (χ0) is 12.7. The minimum Gasteiger partial charge on any atom is -0.316 e. The summed E-state index contributed by atoms with van der Waals surface area (Å²) in [6.07, 6.45) is 8.21. The maximum absolute atomic E-state index is 3.43. The normalized spacial score (nSPS) is 22.9. The Morgan fingerprint density at radius 1 is 1.29 bits per heavy atom. The van der Waals surface area contributed by atoms with Crippen molar-refractivity contribution in [3.8, 4) is 0 Å². The number of nitrogens with zero attached hydrogens (tertiary/aromatic N) is 1. The van der Waals surface area contributed by atoms with Crippen LogP contribution in [0.4, 0.5) is 0 Å². The number of likely N-dealkylation sites (tertiary alicyclic amines) is 1. The number of hydrogen-bond donors (Lipinski definition) is 1. The molecule has 1 aliphatic rings. The molecule has 2 nitrogen and oxygen atoms in total. The van der Waals surface area contributed by atoms with Gasteiger partial charge in [-0.25, -0.2) is 0 Å². The van der Waals surface area contributed by atoms with Crippen LogP contribution in [-0.2, 0) is 0 Å². The quantitative estimate of drug-likeness (QED) is 0.687. The molecule has 0 aromatic heterocycles. The number of rotatable bonds is 7. The second kappa shape index (κ2) is 7.38. The van der Waals surface area contributed by atoms with E-state index in [0.717, 1.165) is 6.04 Å². The summed E-state index contributed by atoms with van der Waals surface area (Å²) in [5.41, 5.74) is 0.491. The van der Waals surface area contributed by atoms with Gasteiger partial charge in [-0.1, -0.05) is 40.0 Å². The number of likely N-dealkylation sites (N-methyl/N-ethyl adjacent to an activating group) is 1. The minimum absolute atomic E-state index is 0.491. The van der Waals surface area contributed by atoms with Gasteiger partial charge in [0.25, 0.3) is 0 Å². The highest BCUT2D eigenvalue weighted by molar-refractivity contribution is 4.81. The van der Waals surface area contributed by atoms with E-state index in [-0.39, 0.29) is 0 Å². The summed E-state index contributed by atoms with van der Waals surface area (Å²) in [4.78, 5) is 2.66. The number of hydrogen-bond acceptors (Lipinski definition) is 2. The molecular formula is C15H32N2. The zero-order valence-electron chi connectivity index (χ0n) is 12.4. The van der Waals surface area contributed by atoms with Gasteiger partial charge in [0.1, 0.15) is 0 Å². The third-order valence-corrected chi connectivity index (χ3v) is 4.02. The van der Waals surface area contributed by atoms with Crippen LogP contribution in [-0.4, -0.2) is 37.6 Å². The lowest BCUT2D eigenvalue weighted by Gasteiger charge is -2.38. The first-order valence-corrected chi connectivity index (χ1v) is 7.47. The van der Waals surface area contributed by atoms with E-state index >= 15 is 0 Å². The topological polar surface area (TPSA) is 15.3 Å². The van der Waals surface area contributed by atoms with Crippen LogP contribution in [0.15, 0.2) is 0 Å². The van der Waals surface area contributed by atoms with E-state index in [9.17, 15) is 0 Å². The molecular weight excluding hydrogens is 208 g/mol. The molecule has 17 heavy (non-hydrogen) atoms. The van der Waals surface area contributed by atoms with E-state index in [2.05, 4.69) is 38.0 Å². The Balaban J connectivity index is 2.30. The lowest BCUT2D eigenvalue weighted by atomic mass is 9.85. The molecule has 1 fully saturated rings. The summed E-state index contributed by atoms with van der Waals surface area (Å²) >= 11 is 0. The minimum atomic E-state index is 0.491. The molecule has 1 saturated heterocycles. The van der Waals surface area contributed by atoms with Crippen LogP contribution in [0.2, 0.25) is 0 Å². The van der Waals surface area contributed by atoms with Crippen molar-refractivity contribution in [3.05, 3.63) is 0 Å². The summed E-state index contributed by atoms with van der Waals surface area (Å²) in [5, 5.41) is 3.43. The molecule has 102 valence electrons. The first kappa shape index (κ1) is 15.0. The fourth-order valence-electron chi connectivity index (χ4n) is 2.97. The van der Waals surface area contributed by atoms with E-state index in [1.54, 1.807) is 0 Å². The van der Waals surface area contributed by atoms with Crippen molar-refractivity contribution in [1.82, 2.24) is 10.2 Å². The SMILES string of the molecule is CCCCCC(C)(C)CN1CCCC(NC)C1. The first-order valence-electron chi connectivity index (χ1n) is 7.47. The van der Waals surface area contributed by atoms with E-state index in [1.165, 1.54) is 58.2 Å². The largest absolute Gasteiger partial charge is 0.316 e. The maximum atomic E-state index is 3.43. The molecule has 0 aliphatic carbocycles. The van der Waals surface area contributed by atoms with Crippen molar-refractivity contribution >= 4 is 0 Å². The Bertz CT molecular complexity index is 201. The summed E-state index contributed by atoms with van der Waals surface area (Å²) in [7, 11) is 2.10. The van der Waals surface area contributed by atoms with Crippen molar-refractivity contribution in [2.24, 2.45) is 5.41 Å². The Morgan fingerprint density at radius 3 is 2.71 bits per heavy atom. The van der Waals surface area contributed by atoms with E-state index in [4.69, 9.17) is 0 Å². The summed E-state index contributed by atoms with van der Waals surface area (Å²) in [6.45, 7) is 11.0. The molecule has 1 N–H and O–H groups in total. The van der Waals surface area contributed by atoms with Gasteiger partial charge in [0.15, 0.2) is 0 Å². The molecule has 1 aliphatic heterocycles. The molecule has 1 heterocycles. The second-order valence-electron chi connectivity index (χ2n) is 6.48. The van der Waals surface area contributed by atoms with Crippen LogP contribution >= 0.6 is 0 Å². The number of nitrogens with one attached hydrogen (secondary N) is 1. The lowest BCUT2D eigenvalue weighted by Crippen LogP contribution is -2.47. The number of piperidine rings is 1. The second-order valence-corrected chi connectivity index (χ2v) is 6.48. The van der Waals surface area contributed by atoms with Crippen molar-refractivity contribution in [1.29, 1.82) is 0 Å². The van der Waals surface area contributed by atoms with Gasteiger partial charge in [-0.05, 0) is 38.3 Å². The smallest absolute Gasteiger partial charge is 0.0192 e. The van der Waals surface area contributed by atoms with Crippen LogP contribution in [0, 0.1) is 5.41 Å². The molecule has 0 bridgehead atoms. The molecule has 0 spiro atoms. The molecule has 1 atom stereocenters. The summed E-state index contributed by atoms with van der Waals surface area (Å²) in [5.74, 6) is 0. The molecule has 0 radical (unpaired) electrons. The highest BCUT2D eigenvalue weighted by Gasteiger charge is 2.25. The Morgan fingerprint density at radius 2 is 2.06 bits per heavy atom. The molecule has 2 heteroatoms. The number of unbranched alkanes of at least 4 members (excludes halogenated alkanes) is 2. The highest BCUT2D eigenvalue weighted by atomic mass is 15.2. The van der Waals surface area contributed by atoms with Crippen LogP contribution in [0.5, 0.6) is 0 Å². The van der Waals surface area contributed by atoms with E-state index < -0.39 is 0 Å². The monoisotopic (exact) mass is 240 g/mol. The first-order chi connectivity index (χ1) is 8.07. The third kappa shape index (κ3) is 5.87. The zero-order valence-corrected chi connectivity index (χ0v) is 12.4. The highest BCUT2D eigenvalue weighted by Crippen LogP contribution is 2.26. The van der Waals surface area contributed by atoms with Crippen molar-refractivity contribution in [2.45, 2.75) is 65.3 Å². The maximum Gasteiger partial charge on any atom is 0.0192 e. The van der Waals surface area contributed by atoms with Gasteiger partial charge in [0.2, 0.25) is 0 Å². The predicted octanol–water partition coefficient (Wildman–Crippen LogP) is 3.28.